The first-order valence-electron chi connectivity index (χ1n) is 3.79. The number of nitrogens with one attached hydrogen (secondary N) is 1. The summed E-state index contributed by atoms with van der Waals surface area (Å²) < 4.78 is 0. The summed E-state index contributed by atoms with van der Waals surface area (Å²) >= 11 is 9.94. The number of hydrogen-bond acceptors (Lipinski definition) is 2. The highest BCUT2D eigenvalue weighted by Gasteiger charge is 2.22. The van der Waals surface area contributed by atoms with Gasteiger partial charge in [-0.1, -0.05) is 0 Å². The zero-order chi connectivity index (χ0) is 9.14. The minimum atomic E-state index is 0.364. The molecule has 6 heteroatoms. The van der Waals surface area contributed by atoms with E-state index in [4.69, 9.17) is 30.2 Å². The van der Waals surface area contributed by atoms with Crippen LogP contribution in [0.5, 0.6) is 0 Å². The van der Waals surface area contributed by atoms with E-state index in [0.717, 1.165) is 19.6 Å². The highest BCUT2D eigenvalue weighted by atomic mass is 32.1. The lowest BCUT2D eigenvalue weighted by atomic mass is 10.6. The van der Waals surface area contributed by atoms with Gasteiger partial charge in [-0.25, -0.2) is 0 Å². The molecule has 1 heterocycles. The highest BCUT2D eigenvalue weighted by molar-refractivity contribution is 7.80. The van der Waals surface area contributed by atoms with Gasteiger partial charge < -0.3 is 11.1 Å². The Hall–Kier alpha value is -0.620. The van der Waals surface area contributed by atoms with Crippen LogP contribution in [0, 0.1) is 0 Å². The van der Waals surface area contributed by atoms with Crippen LogP contribution in [-0.2, 0) is 0 Å². The minimum Gasteiger partial charge on any atom is -0.375 e. The Morgan fingerprint density at radius 3 is 2.83 bits per heavy atom. The second-order valence-corrected chi connectivity index (χ2v) is 3.21. The predicted octanol–water partition coefficient (Wildman–Crippen LogP) is -0.343. The smallest absolute Gasteiger partial charge is 0.188 e. The zero-order valence-corrected chi connectivity index (χ0v) is 8.54. The lowest BCUT2D eigenvalue weighted by Gasteiger charge is -2.31. The molecule has 0 spiro atoms. The molecule has 0 amide bonds. The van der Waals surface area contributed by atoms with Gasteiger partial charge in [-0.2, -0.15) is 0 Å². The largest absolute Gasteiger partial charge is 0.375 e. The van der Waals surface area contributed by atoms with Gasteiger partial charge in [0.25, 0.3) is 0 Å². The van der Waals surface area contributed by atoms with E-state index in [9.17, 15) is 0 Å². The summed E-state index contributed by atoms with van der Waals surface area (Å²) in [6.07, 6.45) is 0. The molecule has 1 saturated heterocycles. The monoisotopic (exact) mass is 204 g/mol. The first-order valence-corrected chi connectivity index (χ1v) is 4.60. The van der Waals surface area contributed by atoms with E-state index in [1.807, 2.05) is 11.9 Å². The van der Waals surface area contributed by atoms with Crippen LogP contribution in [-0.4, -0.2) is 39.9 Å². The van der Waals surface area contributed by atoms with Gasteiger partial charge in [-0.05, 0) is 31.4 Å². The number of rotatable bonds is 2. The van der Waals surface area contributed by atoms with E-state index in [0.29, 0.717) is 10.2 Å². The molecule has 0 aromatic heterocycles. The van der Waals surface area contributed by atoms with Gasteiger partial charge >= 0.3 is 0 Å². The van der Waals surface area contributed by atoms with Crippen molar-refractivity contribution in [3.05, 3.63) is 0 Å². The number of thiocarbonyl (C=S) groups is 2. The van der Waals surface area contributed by atoms with Crippen molar-refractivity contribution in [3.63, 3.8) is 0 Å². The van der Waals surface area contributed by atoms with Gasteiger partial charge in [0.05, 0.1) is 6.54 Å². The van der Waals surface area contributed by atoms with E-state index in [1.165, 1.54) is 0 Å². The van der Waals surface area contributed by atoms with Crippen LogP contribution in [0.2, 0.25) is 0 Å². The second-order valence-electron chi connectivity index (χ2n) is 2.41. The zero-order valence-electron chi connectivity index (χ0n) is 6.91. The van der Waals surface area contributed by atoms with E-state index < -0.39 is 0 Å². The summed E-state index contributed by atoms with van der Waals surface area (Å²) in [5, 5.41) is 7.78. The molecule has 3 N–H and O–H groups in total. The average molecular weight is 204 g/mol. The first kappa shape index (κ1) is 9.47. The Morgan fingerprint density at radius 2 is 2.50 bits per heavy atom. The highest BCUT2D eigenvalue weighted by Crippen LogP contribution is 2.02. The normalized spacial score (nSPS) is 16.1. The number of hydrazine groups is 1. The molecule has 0 bridgehead atoms. The molecule has 0 atom stereocenters. The third-order valence-corrected chi connectivity index (χ3v) is 2.25. The Bertz CT molecular complexity index is 206. The molecule has 68 valence electrons. The van der Waals surface area contributed by atoms with Gasteiger partial charge in [0.2, 0.25) is 0 Å². The standard InChI is InChI=1S/C6H12N4S2/c1-2-9(5(7)11)10-4-3-8-6(10)12/h2-4H2,1H3,(H2,7,11)(H,8,12). The molecule has 0 aromatic carbocycles. The van der Waals surface area contributed by atoms with Crippen LogP contribution >= 0.6 is 24.4 Å². The fraction of sp³-hybridized carbons (Fsp3) is 0.667. The molecule has 4 nitrogen and oxygen atoms in total. The topological polar surface area (TPSA) is 44.5 Å². The Labute approximate surface area is 82.7 Å². The van der Waals surface area contributed by atoms with Crippen molar-refractivity contribution < 1.29 is 0 Å². The van der Waals surface area contributed by atoms with Crippen LogP contribution in [0.25, 0.3) is 0 Å². The van der Waals surface area contributed by atoms with Crippen LogP contribution < -0.4 is 11.1 Å². The first-order chi connectivity index (χ1) is 5.66. The molecule has 0 aromatic rings. The molecule has 12 heavy (non-hydrogen) atoms. The van der Waals surface area contributed by atoms with E-state index in [1.54, 1.807) is 5.01 Å². The fourth-order valence-corrected chi connectivity index (χ4v) is 1.66. The lowest BCUT2D eigenvalue weighted by molar-refractivity contribution is 0.161. The van der Waals surface area contributed by atoms with Crippen molar-refractivity contribution in [1.82, 2.24) is 15.3 Å². The summed E-state index contributed by atoms with van der Waals surface area (Å²) in [4.78, 5) is 0. The van der Waals surface area contributed by atoms with Crippen LogP contribution in [0.3, 0.4) is 0 Å². The quantitative estimate of drug-likeness (QED) is 0.600. The van der Waals surface area contributed by atoms with E-state index >= 15 is 0 Å². The molecule has 1 rings (SSSR count). The van der Waals surface area contributed by atoms with Crippen molar-refractivity contribution in [3.8, 4) is 0 Å². The SMILES string of the molecule is CCN(C(N)=S)N1CCNC1=S. The molecule has 1 aliphatic rings. The maximum absolute atomic E-state index is 5.52. The molecule has 0 saturated carbocycles. The van der Waals surface area contributed by atoms with Gasteiger partial charge in [-0.3, -0.25) is 10.0 Å². The summed E-state index contributed by atoms with van der Waals surface area (Å²) in [6.45, 7) is 4.43. The summed E-state index contributed by atoms with van der Waals surface area (Å²) in [5.41, 5.74) is 5.52. The van der Waals surface area contributed by atoms with Crippen molar-refractivity contribution in [2.24, 2.45) is 5.73 Å². The fourth-order valence-electron chi connectivity index (χ4n) is 1.14. The van der Waals surface area contributed by atoms with Gasteiger partial charge in [0.1, 0.15) is 0 Å². The summed E-state index contributed by atoms with van der Waals surface area (Å²) in [7, 11) is 0. The Balaban J connectivity index is 2.65. The summed E-state index contributed by atoms with van der Waals surface area (Å²) in [6, 6.07) is 0. The van der Waals surface area contributed by atoms with Crippen LogP contribution in [0.1, 0.15) is 6.92 Å². The third kappa shape index (κ3) is 1.75. The van der Waals surface area contributed by atoms with Crippen molar-refractivity contribution in [2.75, 3.05) is 19.6 Å². The van der Waals surface area contributed by atoms with E-state index in [-0.39, 0.29) is 0 Å². The number of nitrogens with two attached hydrogens (primary N) is 1. The average Bonchev–Trinajstić information content (AvgIpc) is 2.38. The lowest BCUT2D eigenvalue weighted by Crippen LogP contribution is -2.50. The Kier molecular flexibility index (Phi) is 3.05. The molecule has 0 aliphatic carbocycles. The number of hydrogen-bond donors (Lipinski definition) is 2. The number of nitrogens with zero attached hydrogens (tertiary/aromatic N) is 2. The molecule has 0 radical (unpaired) electrons. The molecular formula is C6H12N4S2. The van der Waals surface area contributed by atoms with Crippen LogP contribution in [0.4, 0.5) is 0 Å². The minimum absolute atomic E-state index is 0.364. The van der Waals surface area contributed by atoms with Gasteiger partial charge in [-0.15, -0.1) is 0 Å². The van der Waals surface area contributed by atoms with Crippen molar-refractivity contribution >= 4 is 34.7 Å². The third-order valence-electron chi connectivity index (χ3n) is 1.68. The van der Waals surface area contributed by atoms with Crippen molar-refractivity contribution in [1.29, 1.82) is 0 Å². The molecular weight excluding hydrogens is 192 g/mol. The maximum Gasteiger partial charge on any atom is 0.188 e. The predicted molar refractivity (Wildman–Crippen MR) is 56.5 cm³/mol. The second kappa shape index (κ2) is 3.86. The van der Waals surface area contributed by atoms with Crippen LogP contribution in [0.15, 0.2) is 0 Å². The Morgan fingerprint density at radius 1 is 1.83 bits per heavy atom. The maximum atomic E-state index is 5.52. The summed E-state index contributed by atoms with van der Waals surface area (Å²) in [5.74, 6) is 0. The van der Waals surface area contributed by atoms with Gasteiger partial charge in [0.15, 0.2) is 10.2 Å². The van der Waals surface area contributed by atoms with Crippen molar-refractivity contribution in [2.45, 2.75) is 6.92 Å². The molecule has 1 aliphatic heterocycles. The van der Waals surface area contributed by atoms with E-state index in [2.05, 4.69) is 5.32 Å². The molecule has 0 unspecified atom stereocenters. The molecule has 1 fully saturated rings. The van der Waals surface area contributed by atoms with Gasteiger partial charge in [0, 0.05) is 13.1 Å².